The molecule has 1 amide bonds. The van der Waals surface area contributed by atoms with E-state index in [0.717, 1.165) is 5.69 Å². The van der Waals surface area contributed by atoms with Crippen molar-refractivity contribution in [3.8, 4) is 0 Å². The van der Waals surface area contributed by atoms with Gasteiger partial charge in [-0.05, 0) is 37.1 Å². The largest absolute Gasteiger partial charge is 0.351 e. The Bertz CT molecular complexity index is 836. The van der Waals surface area contributed by atoms with Crippen LogP contribution in [-0.4, -0.2) is 30.0 Å². The Hall–Kier alpha value is -3.02. The van der Waals surface area contributed by atoms with Gasteiger partial charge in [-0.25, -0.2) is 4.39 Å². The molecule has 1 heterocycles. The quantitative estimate of drug-likeness (QED) is 0.869. The predicted octanol–water partition coefficient (Wildman–Crippen LogP) is 2.71. The topological polar surface area (TPSA) is 61.8 Å². The molecule has 0 saturated heterocycles. The molecule has 1 N–H and O–H groups in total. The molecule has 0 aliphatic carbocycles. The molecule has 0 bridgehead atoms. The van der Waals surface area contributed by atoms with Crippen molar-refractivity contribution in [1.29, 1.82) is 0 Å². The van der Waals surface area contributed by atoms with Crippen LogP contribution in [0, 0.1) is 5.82 Å². The van der Waals surface area contributed by atoms with Gasteiger partial charge in [-0.3, -0.25) is 14.6 Å². The van der Waals surface area contributed by atoms with Gasteiger partial charge in [0.05, 0.1) is 5.69 Å². The van der Waals surface area contributed by atoms with Crippen molar-refractivity contribution in [3.05, 3.63) is 66.0 Å². The van der Waals surface area contributed by atoms with E-state index in [0.29, 0.717) is 24.2 Å². The molecule has 2 aromatic rings. The Labute approximate surface area is 151 Å². The molecule has 1 aliphatic heterocycles. The van der Waals surface area contributed by atoms with Crippen LogP contribution in [0.5, 0.6) is 0 Å². The molecule has 0 aromatic heterocycles. The summed E-state index contributed by atoms with van der Waals surface area (Å²) < 4.78 is 13.6. The van der Waals surface area contributed by atoms with Crippen molar-refractivity contribution in [2.45, 2.75) is 25.8 Å². The van der Waals surface area contributed by atoms with Gasteiger partial charge < -0.3 is 5.32 Å². The second kappa shape index (κ2) is 7.91. The normalized spacial score (nSPS) is 16.3. The van der Waals surface area contributed by atoms with E-state index in [1.54, 1.807) is 23.2 Å². The molecule has 1 aliphatic rings. The highest BCUT2D eigenvalue weighted by Gasteiger charge is 2.33. The number of rotatable bonds is 6. The van der Waals surface area contributed by atoms with Crippen LogP contribution in [0.15, 0.2) is 59.7 Å². The van der Waals surface area contributed by atoms with Crippen molar-refractivity contribution in [3.63, 3.8) is 0 Å². The summed E-state index contributed by atoms with van der Waals surface area (Å²) in [6.07, 6.45) is 0.653. The second-order valence-electron chi connectivity index (χ2n) is 6.15. The summed E-state index contributed by atoms with van der Waals surface area (Å²) in [5.74, 6) is -0.662. The number of hydrazone groups is 1. The highest BCUT2D eigenvalue weighted by molar-refractivity contribution is 6.40. The molecule has 1 atom stereocenters. The first-order chi connectivity index (χ1) is 12.6. The fourth-order valence-corrected chi connectivity index (χ4v) is 2.90. The third kappa shape index (κ3) is 3.96. The van der Waals surface area contributed by atoms with E-state index in [1.807, 2.05) is 30.3 Å². The molecule has 0 fully saturated rings. The first-order valence-electron chi connectivity index (χ1n) is 8.50. The zero-order valence-corrected chi connectivity index (χ0v) is 14.5. The molecule has 5 nitrogen and oxygen atoms in total. The molecular formula is C20H20FN3O2. The second-order valence-corrected chi connectivity index (χ2v) is 6.15. The summed E-state index contributed by atoms with van der Waals surface area (Å²) in [7, 11) is 0. The SMILES string of the molecule is CC(=O)C1CC(C(=O)NCCc2ccccc2F)=NN1c1ccccc1. The van der Waals surface area contributed by atoms with Crippen molar-refractivity contribution in [1.82, 2.24) is 5.32 Å². The molecule has 26 heavy (non-hydrogen) atoms. The van der Waals surface area contributed by atoms with E-state index >= 15 is 0 Å². The van der Waals surface area contributed by atoms with E-state index < -0.39 is 6.04 Å². The number of para-hydroxylation sites is 1. The lowest BCUT2D eigenvalue weighted by atomic mass is 10.1. The molecule has 3 rings (SSSR count). The van der Waals surface area contributed by atoms with Crippen LogP contribution in [0.3, 0.4) is 0 Å². The minimum Gasteiger partial charge on any atom is -0.351 e. The van der Waals surface area contributed by atoms with Crippen LogP contribution >= 0.6 is 0 Å². The van der Waals surface area contributed by atoms with Crippen molar-refractivity contribution < 1.29 is 14.0 Å². The molecule has 6 heteroatoms. The number of nitrogens with one attached hydrogen (secondary N) is 1. The summed E-state index contributed by atoms with van der Waals surface area (Å²) in [5, 5.41) is 8.70. The van der Waals surface area contributed by atoms with E-state index in [-0.39, 0.29) is 23.9 Å². The van der Waals surface area contributed by atoms with Crippen LogP contribution in [0.4, 0.5) is 10.1 Å². The minimum atomic E-state index is -0.482. The molecule has 0 radical (unpaired) electrons. The third-order valence-electron chi connectivity index (χ3n) is 4.30. The van der Waals surface area contributed by atoms with E-state index in [2.05, 4.69) is 10.4 Å². The van der Waals surface area contributed by atoms with Gasteiger partial charge in [0, 0.05) is 13.0 Å². The molecule has 1 unspecified atom stereocenters. The van der Waals surface area contributed by atoms with Gasteiger partial charge >= 0.3 is 0 Å². The van der Waals surface area contributed by atoms with Crippen LogP contribution < -0.4 is 10.3 Å². The van der Waals surface area contributed by atoms with Crippen LogP contribution in [0.2, 0.25) is 0 Å². The first-order valence-corrected chi connectivity index (χ1v) is 8.50. The monoisotopic (exact) mass is 353 g/mol. The number of hydrogen-bond donors (Lipinski definition) is 1. The standard InChI is InChI=1S/C20H20FN3O2/c1-14(25)19-13-18(23-24(19)16-8-3-2-4-9-16)20(26)22-12-11-15-7-5-6-10-17(15)21/h2-10,19H,11-13H2,1H3,(H,22,26). The van der Waals surface area contributed by atoms with Crippen LogP contribution in [0.1, 0.15) is 18.9 Å². The molecule has 0 saturated carbocycles. The van der Waals surface area contributed by atoms with Crippen molar-refractivity contribution in [2.24, 2.45) is 5.10 Å². The maximum absolute atomic E-state index is 13.6. The lowest BCUT2D eigenvalue weighted by Gasteiger charge is -2.20. The highest BCUT2D eigenvalue weighted by Crippen LogP contribution is 2.24. The van der Waals surface area contributed by atoms with E-state index in [1.165, 1.54) is 13.0 Å². The smallest absolute Gasteiger partial charge is 0.267 e. The zero-order valence-electron chi connectivity index (χ0n) is 14.5. The van der Waals surface area contributed by atoms with Gasteiger partial charge in [0.15, 0.2) is 5.78 Å². The summed E-state index contributed by atoms with van der Waals surface area (Å²) in [6, 6.07) is 15.3. The lowest BCUT2D eigenvalue weighted by Crippen LogP contribution is -2.35. The van der Waals surface area contributed by atoms with Gasteiger partial charge in [-0.15, -0.1) is 0 Å². The number of halogens is 1. The van der Waals surface area contributed by atoms with Gasteiger partial charge in [0.1, 0.15) is 17.6 Å². The molecular weight excluding hydrogens is 333 g/mol. The first kappa shape index (κ1) is 17.8. The predicted molar refractivity (Wildman–Crippen MR) is 98.6 cm³/mol. The summed E-state index contributed by atoms with van der Waals surface area (Å²) in [4.78, 5) is 24.3. The third-order valence-corrected chi connectivity index (χ3v) is 4.30. The van der Waals surface area contributed by atoms with Crippen molar-refractivity contribution >= 4 is 23.1 Å². The fraction of sp³-hybridized carbons (Fsp3) is 0.250. The Balaban J connectivity index is 1.65. The Morgan fingerprint density at radius 2 is 1.85 bits per heavy atom. The molecule has 134 valence electrons. The Kier molecular flexibility index (Phi) is 5.41. The number of benzene rings is 2. The number of carbonyl (C=O) groups excluding carboxylic acids is 2. The average Bonchev–Trinajstić information content (AvgIpc) is 3.10. The zero-order chi connectivity index (χ0) is 18.5. The highest BCUT2D eigenvalue weighted by atomic mass is 19.1. The number of hydrogen-bond acceptors (Lipinski definition) is 4. The summed E-state index contributed by atoms with van der Waals surface area (Å²) in [5.41, 5.74) is 1.62. The van der Waals surface area contributed by atoms with Gasteiger partial charge in [0.25, 0.3) is 5.91 Å². The number of carbonyl (C=O) groups is 2. The summed E-state index contributed by atoms with van der Waals surface area (Å²) >= 11 is 0. The van der Waals surface area contributed by atoms with Gasteiger partial charge in [0.2, 0.25) is 0 Å². The van der Waals surface area contributed by atoms with Gasteiger partial charge in [-0.1, -0.05) is 36.4 Å². The maximum atomic E-state index is 13.6. The number of anilines is 1. The lowest BCUT2D eigenvalue weighted by molar-refractivity contribution is -0.118. The Morgan fingerprint density at radius 1 is 1.15 bits per heavy atom. The Morgan fingerprint density at radius 3 is 2.54 bits per heavy atom. The van der Waals surface area contributed by atoms with E-state index in [4.69, 9.17) is 0 Å². The van der Waals surface area contributed by atoms with E-state index in [9.17, 15) is 14.0 Å². The van der Waals surface area contributed by atoms with Gasteiger partial charge in [-0.2, -0.15) is 5.10 Å². The summed E-state index contributed by atoms with van der Waals surface area (Å²) in [6.45, 7) is 1.80. The van der Waals surface area contributed by atoms with Crippen LogP contribution in [0.25, 0.3) is 0 Å². The van der Waals surface area contributed by atoms with Crippen molar-refractivity contribution in [2.75, 3.05) is 11.6 Å². The number of Topliss-reactive ketones (excluding diaryl/α,β-unsaturated/α-hetero) is 1. The minimum absolute atomic E-state index is 0.0493. The number of amides is 1. The average molecular weight is 353 g/mol. The molecule has 0 spiro atoms. The van der Waals surface area contributed by atoms with Crippen LogP contribution in [-0.2, 0) is 16.0 Å². The number of ketones is 1. The maximum Gasteiger partial charge on any atom is 0.267 e. The fourth-order valence-electron chi connectivity index (χ4n) is 2.90. The number of nitrogens with zero attached hydrogens (tertiary/aromatic N) is 2. The molecule has 2 aromatic carbocycles.